The molecule has 0 saturated carbocycles. The first kappa shape index (κ1) is 11.9. The second kappa shape index (κ2) is 4.79. The van der Waals surface area contributed by atoms with E-state index in [2.05, 4.69) is 0 Å². The summed E-state index contributed by atoms with van der Waals surface area (Å²) < 4.78 is 12.5. The monoisotopic (exact) mass is 205 g/mol. The van der Waals surface area contributed by atoms with Crippen molar-refractivity contribution in [3.8, 4) is 0 Å². The molecule has 0 heterocycles. The smallest absolute Gasteiger partial charge is 0.325 e. The summed E-state index contributed by atoms with van der Waals surface area (Å²) in [6.07, 6.45) is 0. The van der Waals surface area contributed by atoms with Gasteiger partial charge in [-0.25, -0.2) is 4.39 Å². The van der Waals surface area contributed by atoms with Crippen molar-refractivity contribution < 1.29 is 14.3 Å². The Hall–Kier alpha value is -1.13. The molecule has 1 unspecified atom stereocenters. The molecule has 0 bridgehead atoms. The Labute approximate surface area is 80.8 Å². The van der Waals surface area contributed by atoms with E-state index in [0.29, 0.717) is 0 Å². The van der Waals surface area contributed by atoms with Crippen molar-refractivity contribution in [3.63, 3.8) is 0 Å². The van der Waals surface area contributed by atoms with Crippen LogP contribution < -0.4 is 5.73 Å². The molecule has 0 spiro atoms. The molecule has 1 atom stereocenters. The molecule has 0 fully saturated rings. The highest BCUT2D eigenvalue weighted by atomic mass is 35.5. The van der Waals surface area contributed by atoms with E-state index in [0.717, 1.165) is 6.07 Å². The highest BCUT2D eigenvalue weighted by Gasteiger charge is 2.13. The average molecular weight is 206 g/mol. The van der Waals surface area contributed by atoms with Crippen LogP contribution in [0.5, 0.6) is 0 Å². The quantitative estimate of drug-likeness (QED) is 0.766. The molecule has 1 aromatic rings. The van der Waals surface area contributed by atoms with E-state index >= 15 is 0 Å². The third-order valence-electron chi connectivity index (χ3n) is 1.47. The summed E-state index contributed by atoms with van der Waals surface area (Å²) in [4.78, 5) is 10.4. The van der Waals surface area contributed by atoms with Crippen molar-refractivity contribution in [2.45, 2.75) is 6.04 Å². The lowest BCUT2D eigenvalue weighted by atomic mass is 10.1. The van der Waals surface area contributed by atoms with Crippen LogP contribution in [0.1, 0.15) is 11.6 Å². The number of carboxylic acids is 1. The molecule has 13 heavy (non-hydrogen) atoms. The number of hydrogen-bond donors (Lipinski definition) is 2. The molecular weight excluding hydrogens is 197 g/mol. The van der Waals surface area contributed by atoms with Gasteiger partial charge in [-0.1, -0.05) is 12.1 Å². The van der Waals surface area contributed by atoms with Crippen LogP contribution in [0.3, 0.4) is 0 Å². The second-order valence-electron chi connectivity index (χ2n) is 2.37. The van der Waals surface area contributed by atoms with Gasteiger partial charge in [0.05, 0.1) is 0 Å². The summed E-state index contributed by atoms with van der Waals surface area (Å²) in [6.45, 7) is 0. The molecule has 3 nitrogen and oxygen atoms in total. The van der Waals surface area contributed by atoms with E-state index in [-0.39, 0.29) is 18.0 Å². The van der Waals surface area contributed by atoms with Crippen molar-refractivity contribution in [1.29, 1.82) is 0 Å². The maximum absolute atomic E-state index is 12.5. The minimum atomic E-state index is -1.17. The molecule has 0 radical (unpaired) electrons. The maximum atomic E-state index is 12.5. The van der Waals surface area contributed by atoms with Crippen molar-refractivity contribution in [3.05, 3.63) is 35.6 Å². The fourth-order valence-electron chi connectivity index (χ4n) is 0.843. The van der Waals surface area contributed by atoms with Gasteiger partial charge >= 0.3 is 5.97 Å². The predicted octanol–water partition coefficient (Wildman–Crippen LogP) is 1.33. The van der Waals surface area contributed by atoms with Crippen LogP contribution in [0, 0.1) is 5.82 Å². The molecule has 72 valence electrons. The predicted molar refractivity (Wildman–Crippen MR) is 48.2 cm³/mol. The Morgan fingerprint density at radius 3 is 2.62 bits per heavy atom. The molecule has 5 heteroatoms. The second-order valence-corrected chi connectivity index (χ2v) is 2.37. The van der Waals surface area contributed by atoms with Gasteiger partial charge in [-0.15, -0.1) is 12.4 Å². The molecule has 0 aliphatic heterocycles. The van der Waals surface area contributed by atoms with Crippen LogP contribution in [0.25, 0.3) is 0 Å². The first-order valence-corrected chi connectivity index (χ1v) is 3.35. The Morgan fingerprint density at radius 2 is 2.15 bits per heavy atom. The highest BCUT2D eigenvalue weighted by molar-refractivity contribution is 5.85. The zero-order valence-electron chi connectivity index (χ0n) is 6.61. The Kier molecular flexibility index (Phi) is 4.37. The number of rotatable bonds is 2. The number of nitrogens with two attached hydrogens (primary N) is 1. The molecule has 3 N–H and O–H groups in total. The fourth-order valence-corrected chi connectivity index (χ4v) is 0.843. The summed E-state index contributed by atoms with van der Waals surface area (Å²) >= 11 is 0. The van der Waals surface area contributed by atoms with Crippen LogP contribution in [-0.4, -0.2) is 11.1 Å². The van der Waals surface area contributed by atoms with Gasteiger partial charge < -0.3 is 10.8 Å². The Morgan fingerprint density at radius 1 is 1.54 bits per heavy atom. The third kappa shape index (κ3) is 3.01. The normalized spacial score (nSPS) is 11.5. The Balaban J connectivity index is 0.00000144. The minimum Gasteiger partial charge on any atom is -0.480 e. The van der Waals surface area contributed by atoms with E-state index in [1.807, 2.05) is 0 Å². The number of halogens is 2. The van der Waals surface area contributed by atoms with Crippen LogP contribution in [-0.2, 0) is 4.79 Å². The number of hydrogen-bond acceptors (Lipinski definition) is 2. The summed E-state index contributed by atoms with van der Waals surface area (Å²) in [7, 11) is 0. The van der Waals surface area contributed by atoms with Gasteiger partial charge in [0.25, 0.3) is 0 Å². The average Bonchev–Trinajstić information content (AvgIpc) is 2.03. The van der Waals surface area contributed by atoms with Crippen molar-refractivity contribution in [2.24, 2.45) is 5.73 Å². The summed E-state index contributed by atoms with van der Waals surface area (Å²) in [5.74, 6) is -1.65. The van der Waals surface area contributed by atoms with Gasteiger partial charge in [0.1, 0.15) is 11.9 Å². The lowest BCUT2D eigenvalue weighted by molar-refractivity contribution is -0.138. The van der Waals surface area contributed by atoms with Gasteiger partial charge in [0.15, 0.2) is 0 Å². The molecule has 0 amide bonds. The van der Waals surface area contributed by atoms with E-state index in [9.17, 15) is 9.18 Å². The first-order chi connectivity index (χ1) is 5.61. The van der Waals surface area contributed by atoms with Gasteiger partial charge in [-0.2, -0.15) is 0 Å². The summed E-state index contributed by atoms with van der Waals surface area (Å²) in [6, 6.07) is 4.09. The minimum absolute atomic E-state index is 0. The largest absolute Gasteiger partial charge is 0.480 e. The number of carbonyl (C=O) groups is 1. The SMILES string of the molecule is Cl.NC(C(=O)O)c1cccc(F)c1. The van der Waals surface area contributed by atoms with Gasteiger partial charge in [0, 0.05) is 0 Å². The van der Waals surface area contributed by atoms with Gasteiger partial charge in [-0.05, 0) is 17.7 Å². The maximum Gasteiger partial charge on any atom is 0.325 e. The van der Waals surface area contributed by atoms with E-state index in [1.165, 1.54) is 18.2 Å². The van der Waals surface area contributed by atoms with E-state index in [4.69, 9.17) is 10.8 Å². The van der Waals surface area contributed by atoms with E-state index in [1.54, 1.807) is 0 Å². The number of carboxylic acid groups (broad SMARTS) is 1. The summed E-state index contributed by atoms with van der Waals surface area (Å²) in [5, 5.41) is 8.48. The highest BCUT2D eigenvalue weighted by Crippen LogP contribution is 2.11. The number of benzene rings is 1. The fraction of sp³-hybridized carbons (Fsp3) is 0.125. The Bertz CT molecular complexity index is 306. The third-order valence-corrected chi connectivity index (χ3v) is 1.47. The molecule has 0 aliphatic carbocycles. The topological polar surface area (TPSA) is 63.3 Å². The molecule has 1 rings (SSSR count). The van der Waals surface area contributed by atoms with Crippen LogP contribution in [0.4, 0.5) is 4.39 Å². The molecular formula is C8H9ClFNO2. The molecule has 0 aromatic heterocycles. The number of aliphatic carboxylic acids is 1. The molecule has 0 aliphatic rings. The van der Waals surface area contributed by atoms with Crippen molar-refractivity contribution >= 4 is 18.4 Å². The van der Waals surface area contributed by atoms with Gasteiger partial charge in [0.2, 0.25) is 0 Å². The zero-order valence-corrected chi connectivity index (χ0v) is 7.42. The van der Waals surface area contributed by atoms with Crippen LogP contribution in [0.15, 0.2) is 24.3 Å². The van der Waals surface area contributed by atoms with Crippen LogP contribution in [0.2, 0.25) is 0 Å². The lowest BCUT2D eigenvalue weighted by Crippen LogP contribution is -2.20. The van der Waals surface area contributed by atoms with E-state index < -0.39 is 17.8 Å². The van der Waals surface area contributed by atoms with Gasteiger partial charge in [-0.3, -0.25) is 4.79 Å². The van der Waals surface area contributed by atoms with Crippen molar-refractivity contribution in [1.82, 2.24) is 0 Å². The first-order valence-electron chi connectivity index (χ1n) is 3.35. The molecule has 1 aromatic carbocycles. The summed E-state index contributed by atoms with van der Waals surface area (Å²) in [5.41, 5.74) is 5.51. The zero-order chi connectivity index (χ0) is 9.14. The lowest BCUT2D eigenvalue weighted by Gasteiger charge is -2.05. The molecule has 0 saturated heterocycles. The van der Waals surface area contributed by atoms with Crippen LogP contribution >= 0.6 is 12.4 Å². The standard InChI is InChI=1S/C8H8FNO2.ClH/c9-6-3-1-2-5(4-6)7(10)8(11)12;/h1-4,7H,10H2,(H,11,12);1H. The van der Waals surface area contributed by atoms with Crippen molar-refractivity contribution in [2.75, 3.05) is 0 Å².